The molecule has 3 aromatic rings. The number of carbonyl (C=O) groups is 4. The summed E-state index contributed by atoms with van der Waals surface area (Å²) in [5.41, 5.74) is 2.71. The van der Waals surface area contributed by atoms with Crippen molar-refractivity contribution >= 4 is 46.6 Å². The second-order valence-corrected chi connectivity index (χ2v) is 10.8. The molecule has 0 spiro atoms. The van der Waals surface area contributed by atoms with Crippen molar-refractivity contribution in [3.05, 3.63) is 105 Å². The summed E-state index contributed by atoms with van der Waals surface area (Å²) in [6.07, 6.45) is -0.298. The van der Waals surface area contributed by atoms with E-state index in [4.69, 9.17) is 28.3 Å². The highest BCUT2D eigenvalue weighted by Gasteiger charge is 2.27. The molecule has 0 radical (unpaired) electrons. The first-order chi connectivity index (χ1) is 17.9. The molecule has 0 fully saturated rings. The Kier molecular flexibility index (Phi) is 9.47. The van der Waals surface area contributed by atoms with Crippen LogP contribution >= 0.6 is 23.2 Å². The highest BCUT2D eigenvalue weighted by molar-refractivity contribution is 6.42. The summed E-state index contributed by atoms with van der Waals surface area (Å²) in [5, 5.41) is 11.9. The van der Waals surface area contributed by atoms with Crippen LogP contribution in [-0.4, -0.2) is 35.1 Å². The number of hydrogen-bond donors (Lipinski definition) is 2. The van der Waals surface area contributed by atoms with Crippen LogP contribution in [0.5, 0.6) is 0 Å². The minimum absolute atomic E-state index is 0.000254. The van der Waals surface area contributed by atoms with Gasteiger partial charge in [-0.1, -0.05) is 80.4 Å². The SMILES string of the molecule is CC(C)(C)c1ccc(C(=O)C(CC(=O)c2ccc(Cl)c(Cl)c2)c2ccc(C(=O)NCCC(=O)O)cc2)cc1. The van der Waals surface area contributed by atoms with Crippen LogP contribution in [0.3, 0.4) is 0 Å². The van der Waals surface area contributed by atoms with E-state index in [1.165, 1.54) is 12.1 Å². The van der Waals surface area contributed by atoms with Gasteiger partial charge in [-0.25, -0.2) is 0 Å². The van der Waals surface area contributed by atoms with Crippen molar-refractivity contribution in [1.82, 2.24) is 5.32 Å². The lowest BCUT2D eigenvalue weighted by Crippen LogP contribution is -2.26. The molecule has 0 saturated carbocycles. The van der Waals surface area contributed by atoms with Gasteiger partial charge in [0, 0.05) is 29.7 Å². The van der Waals surface area contributed by atoms with E-state index >= 15 is 0 Å². The Labute approximate surface area is 232 Å². The Hall–Kier alpha value is -3.48. The van der Waals surface area contributed by atoms with Crippen molar-refractivity contribution in [1.29, 1.82) is 0 Å². The lowest BCUT2D eigenvalue weighted by molar-refractivity contribution is -0.136. The molecule has 1 amide bonds. The molecule has 0 aliphatic carbocycles. The minimum atomic E-state index is -1.01. The largest absolute Gasteiger partial charge is 0.481 e. The van der Waals surface area contributed by atoms with Crippen LogP contribution in [0, 0.1) is 0 Å². The van der Waals surface area contributed by atoms with Crippen LogP contribution in [-0.2, 0) is 10.2 Å². The van der Waals surface area contributed by atoms with Crippen LogP contribution in [0.25, 0.3) is 0 Å². The molecule has 1 unspecified atom stereocenters. The maximum absolute atomic E-state index is 13.7. The van der Waals surface area contributed by atoms with E-state index in [2.05, 4.69) is 26.1 Å². The smallest absolute Gasteiger partial charge is 0.305 e. The predicted octanol–water partition coefficient (Wildman–Crippen LogP) is 6.73. The Balaban J connectivity index is 1.90. The first-order valence-corrected chi connectivity index (χ1v) is 12.9. The first-order valence-electron chi connectivity index (χ1n) is 12.1. The number of aliphatic carboxylic acids is 1. The number of Topliss-reactive ketones (excluding diaryl/α,β-unsaturated/α-hetero) is 2. The van der Waals surface area contributed by atoms with Crippen molar-refractivity contribution in [3.8, 4) is 0 Å². The molecular weight excluding hydrogens is 525 g/mol. The zero-order valence-corrected chi connectivity index (χ0v) is 22.9. The lowest BCUT2D eigenvalue weighted by Gasteiger charge is -2.20. The number of carboxylic acids is 1. The van der Waals surface area contributed by atoms with Crippen molar-refractivity contribution in [2.75, 3.05) is 6.54 Å². The summed E-state index contributed by atoms with van der Waals surface area (Å²) >= 11 is 12.1. The molecule has 8 heteroatoms. The van der Waals surface area contributed by atoms with Gasteiger partial charge < -0.3 is 10.4 Å². The number of halogens is 2. The average molecular weight is 554 g/mol. The van der Waals surface area contributed by atoms with Gasteiger partial charge in [-0.3, -0.25) is 19.2 Å². The van der Waals surface area contributed by atoms with E-state index in [-0.39, 0.29) is 41.4 Å². The summed E-state index contributed by atoms with van der Waals surface area (Å²) < 4.78 is 0. The zero-order valence-electron chi connectivity index (χ0n) is 21.4. The number of carbonyl (C=O) groups excluding carboxylic acids is 3. The van der Waals surface area contributed by atoms with Gasteiger partial charge in [-0.15, -0.1) is 0 Å². The molecule has 0 aliphatic rings. The molecular formula is C30H29Cl2NO5. The Morgan fingerprint density at radius 2 is 1.39 bits per heavy atom. The maximum Gasteiger partial charge on any atom is 0.305 e. The quantitative estimate of drug-likeness (QED) is 0.271. The Bertz CT molecular complexity index is 1340. The van der Waals surface area contributed by atoms with Gasteiger partial charge in [-0.05, 0) is 46.9 Å². The molecule has 0 aromatic heterocycles. The molecule has 1 atom stereocenters. The summed E-state index contributed by atoms with van der Waals surface area (Å²) in [5.74, 6) is -2.74. The van der Waals surface area contributed by atoms with Gasteiger partial charge in [-0.2, -0.15) is 0 Å². The van der Waals surface area contributed by atoms with Crippen LogP contribution in [0.2, 0.25) is 10.0 Å². The summed E-state index contributed by atoms with van der Waals surface area (Å²) in [6, 6.07) is 18.3. The molecule has 198 valence electrons. The third-order valence-electron chi connectivity index (χ3n) is 6.18. The molecule has 38 heavy (non-hydrogen) atoms. The van der Waals surface area contributed by atoms with E-state index in [1.807, 2.05) is 12.1 Å². The molecule has 0 bridgehead atoms. The monoisotopic (exact) mass is 553 g/mol. The number of carboxylic acid groups (broad SMARTS) is 1. The van der Waals surface area contributed by atoms with E-state index < -0.39 is 17.8 Å². The second-order valence-electron chi connectivity index (χ2n) is 10.0. The van der Waals surface area contributed by atoms with Crippen molar-refractivity contribution in [3.63, 3.8) is 0 Å². The van der Waals surface area contributed by atoms with Gasteiger partial charge in [0.25, 0.3) is 5.91 Å². The molecule has 3 aromatic carbocycles. The number of hydrogen-bond acceptors (Lipinski definition) is 4. The number of benzene rings is 3. The molecule has 6 nitrogen and oxygen atoms in total. The molecule has 0 aliphatic heterocycles. The molecule has 3 rings (SSSR count). The highest BCUT2D eigenvalue weighted by atomic mass is 35.5. The number of ketones is 2. The van der Waals surface area contributed by atoms with Crippen molar-refractivity contribution < 1.29 is 24.3 Å². The summed E-state index contributed by atoms with van der Waals surface area (Å²) in [4.78, 5) is 49.9. The van der Waals surface area contributed by atoms with Gasteiger partial charge in [0.15, 0.2) is 11.6 Å². The van der Waals surface area contributed by atoms with Crippen molar-refractivity contribution in [2.24, 2.45) is 0 Å². The van der Waals surface area contributed by atoms with Crippen LogP contribution in [0.4, 0.5) is 0 Å². The van der Waals surface area contributed by atoms with E-state index in [1.54, 1.807) is 42.5 Å². The maximum atomic E-state index is 13.7. The Morgan fingerprint density at radius 1 is 0.816 bits per heavy atom. The first kappa shape index (κ1) is 29.1. The topological polar surface area (TPSA) is 101 Å². The standard InChI is InChI=1S/C30H29Cl2NO5/c1-30(2,3)22-11-8-19(9-12-22)28(37)23(17-26(34)21-10-13-24(31)25(32)16-21)18-4-6-20(7-5-18)29(38)33-15-14-27(35)36/h4-13,16,23H,14-15,17H2,1-3H3,(H,33,38)(H,35,36). The highest BCUT2D eigenvalue weighted by Crippen LogP contribution is 2.30. The molecule has 0 saturated heterocycles. The van der Waals surface area contributed by atoms with E-state index in [0.717, 1.165) is 5.56 Å². The van der Waals surface area contributed by atoms with Gasteiger partial charge in [0.2, 0.25) is 0 Å². The van der Waals surface area contributed by atoms with Gasteiger partial charge >= 0.3 is 5.97 Å². The summed E-state index contributed by atoms with van der Waals surface area (Å²) in [7, 11) is 0. The number of amides is 1. The normalized spacial score (nSPS) is 12.0. The van der Waals surface area contributed by atoms with Crippen LogP contribution < -0.4 is 5.32 Å². The Morgan fingerprint density at radius 3 is 1.95 bits per heavy atom. The van der Waals surface area contributed by atoms with Gasteiger partial charge in [0.05, 0.1) is 22.4 Å². The van der Waals surface area contributed by atoms with Crippen LogP contribution in [0.15, 0.2) is 66.7 Å². The summed E-state index contributed by atoms with van der Waals surface area (Å²) in [6.45, 7) is 6.26. The fourth-order valence-electron chi connectivity index (χ4n) is 3.92. The van der Waals surface area contributed by atoms with E-state index in [0.29, 0.717) is 27.3 Å². The third kappa shape index (κ3) is 7.53. The van der Waals surface area contributed by atoms with E-state index in [9.17, 15) is 19.2 Å². The van der Waals surface area contributed by atoms with Crippen molar-refractivity contribution in [2.45, 2.75) is 44.9 Å². The van der Waals surface area contributed by atoms with Gasteiger partial charge in [0.1, 0.15) is 0 Å². The third-order valence-corrected chi connectivity index (χ3v) is 6.92. The number of rotatable bonds is 10. The fraction of sp³-hybridized carbons (Fsp3) is 0.267. The average Bonchev–Trinajstić information content (AvgIpc) is 2.87. The second kappa shape index (κ2) is 12.4. The van der Waals surface area contributed by atoms with Crippen LogP contribution in [0.1, 0.15) is 81.7 Å². The minimum Gasteiger partial charge on any atom is -0.481 e. The molecule has 2 N–H and O–H groups in total. The fourth-order valence-corrected chi connectivity index (χ4v) is 4.22. The number of nitrogens with one attached hydrogen (secondary N) is 1. The predicted molar refractivity (Wildman–Crippen MR) is 149 cm³/mol. The molecule has 0 heterocycles. The zero-order chi connectivity index (χ0) is 28.0. The lowest BCUT2D eigenvalue weighted by atomic mass is 9.83.